The van der Waals surface area contributed by atoms with E-state index in [4.69, 9.17) is 4.74 Å². The minimum absolute atomic E-state index is 0.340. The molecule has 0 bridgehead atoms. The molecule has 0 spiro atoms. The highest BCUT2D eigenvalue weighted by atomic mass is 16.5. The predicted molar refractivity (Wildman–Crippen MR) is 53.0 cm³/mol. The maximum absolute atomic E-state index is 11.2. The Kier molecular flexibility index (Phi) is 3.50. The molecule has 1 heterocycles. The minimum atomic E-state index is -0.442. The monoisotopic (exact) mass is 197 g/mol. The van der Waals surface area contributed by atoms with Gasteiger partial charge in [0.25, 0.3) is 0 Å². The van der Waals surface area contributed by atoms with Crippen LogP contribution in [0.4, 0.5) is 10.6 Å². The molecule has 1 aromatic heterocycles. The lowest BCUT2D eigenvalue weighted by molar-refractivity contribution is 0.147. The van der Waals surface area contributed by atoms with Gasteiger partial charge >= 0.3 is 6.09 Å². The van der Waals surface area contributed by atoms with Crippen molar-refractivity contribution in [2.45, 2.75) is 13.8 Å². The molecule has 0 unspecified atom stereocenters. The number of nitrogens with zero attached hydrogens (tertiary/aromatic N) is 2. The molecule has 0 aliphatic heterocycles. The van der Waals surface area contributed by atoms with Crippen LogP contribution in [0.25, 0.3) is 0 Å². The summed E-state index contributed by atoms with van der Waals surface area (Å²) < 4.78 is 6.51. The molecule has 0 aliphatic rings. The molecule has 0 radical (unpaired) electrons. The third-order valence-corrected chi connectivity index (χ3v) is 1.60. The molecule has 1 N–H and O–H groups in total. The fraction of sp³-hybridized carbons (Fsp3) is 0.556. The molecule has 1 amide bonds. The summed E-state index contributed by atoms with van der Waals surface area (Å²) >= 11 is 0. The number of amides is 1. The van der Waals surface area contributed by atoms with Crippen LogP contribution in [0.15, 0.2) is 12.3 Å². The van der Waals surface area contributed by atoms with Gasteiger partial charge in [0.1, 0.15) is 5.82 Å². The molecule has 0 aromatic carbocycles. The van der Waals surface area contributed by atoms with Crippen LogP contribution >= 0.6 is 0 Å². The Morgan fingerprint density at radius 1 is 1.71 bits per heavy atom. The number of anilines is 1. The normalized spacial score (nSPS) is 10.3. The van der Waals surface area contributed by atoms with Gasteiger partial charge in [-0.05, 0) is 5.92 Å². The molecular weight excluding hydrogens is 182 g/mol. The van der Waals surface area contributed by atoms with E-state index in [9.17, 15) is 4.79 Å². The average molecular weight is 197 g/mol. The van der Waals surface area contributed by atoms with Crippen LogP contribution in [0, 0.1) is 5.92 Å². The second-order valence-corrected chi connectivity index (χ2v) is 3.46. The van der Waals surface area contributed by atoms with E-state index in [1.54, 1.807) is 24.0 Å². The van der Waals surface area contributed by atoms with Crippen LogP contribution in [-0.2, 0) is 11.8 Å². The fourth-order valence-electron chi connectivity index (χ4n) is 0.880. The molecule has 0 atom stereocenters. The standard InChI is InChI=1S/C9H15N3O2/c1-7(2)6-14-9(13)11-8-4-5-10-12(8)3/h4-5,7H,6H2,1-3H3,(H,11,13). The zero-order chi connectivity index (χ0) is 10.6. The molecule has 1 aromatic rings. The fourth-order valence-corrected chi connectivity index (χ4v) is 0.880. The quantitative estimate of drug-likeness (QED) is 0.801. The Bertz CT molecular complexity index is 307. The Hall–Kier alpha value is -1.52. The molecule has 0 aliphatic carbocycles. The summed E-state index contributed by atoms with van der Waals surface area (Å²) in [6.45, 7) is 4.39. The summed E-state index contributed by atoms with van der Waals surface area (Å²) in [5.74, 6) is 0.964. The topological polar surface area (TPSA) is 56.1 Å². The summed E-state index contributed by atoms with van der Waals surface area (Å²) in [4.78, 5) is 11.2. The third kappa shape index (κ3) is 3.08. The van der Waals surface area contributed by atoms with Crippen molar-refractivity contribution >= 4 is 11.9 Å². The second kappa shape index (κ2) is 4.64. The summed E-state index contributed by atoms with van der Waals surface area (Å²) in [6, 6.07) is 1.70. The van der Waals surface area contributed by atoms with E-state index in [1.165, 1.54) is 0 Å². The van der Waals surface area contributed by atoms with Crippen LogP contribution < -0.4 is 5.32 Å². The molecule has 5 nitrogen and oxygen atoms in total. The molecule has 0 fully saturated rings. The zero-order valence-corrected chi connectivity index (χ0v) is 8.65. The first-order chi connectivity index (χ1) is 6.59. The van der Waals surface area contributed by atoms with Gasteiger partial charge in [0.05, 0.1) is 12.8 Å². The highest BCUT2D eigenvalue weighted by Gasteiger charge is 2.06. The summed E-state index contributed by atoms with van der Waals surface area (Å²) in [5.41, 5.74) is 0. The Morgan fingerprint density at radius 3 is 2.93 bits per heavy atom. The first kappa shape index (κ1) is 10.6. The zero-order valence-electron chi connectivity index (χ0n) is 8.65. The van der Waals surface area contributed by atoms with E-state index in [0.717, 1.165) is 0 Å². The van der Waals surface area contributed by atoms with Crippen molar-refractivity contribution in [3.8, 4) is 0 Å². The van der Waals surface area contributed by atoms with Crippen molar-refractivity contribution in [3.05, 3.63) is 12.3 Å². The number of aryl methyl sites for hydroxylation is 1. The maximum Gasteiger partial charge on any atom is 0.412 e. The van der Waals surface area contributed by atoms with Gasteiger partial charge in [-0.2, -0.15) is 5.10 Å². The maximum atomic E-state index is 11.2. The van der Waals surface area contributed by atoms with E-state index >= 15 is 0 Å². The van der Waals surface area contributed by atoms with Gasteiger partial charge < -0.3 is 4.74 Å². The number of carbonyl (C=O) groups excluding carboxylic acids is 1. The van der Waals surface area contributed by atoms with Crippen molar-refractivity contribution < 1.29 is 9.53 Å². The largest absolute Gasteiger partial charge is 0.449 e. The molecule has 1 rings (SSSR count). The van der Waals surface area contributed by atoms with E-state index in [2.05, 4.69) is 10.4 Å². The van der Waals surface area contributed by atoms with Crippen molar-refractivity contribution in [1.82, 2.24) is 9.78 Å². The van der Waals surface area contributed by atoms with Crippen LogP contribution in [0.5, 0.6) is 0 Å². The second-order valence-electron chi connectivity index (χ2n) is 3.46. The van der Waals surface area contributed by atoms with Gasteiger partial charge in [0.15, 0.2) is 0 Å². The Balaban J connectivity index is 2.38. The molecule has 0 saturated heterocycles. The van der Waals surface area contributed by atoms with Gasteiger partial charge in [-0.3, -0.25) is 10.00 Å². The smallest absolute Gasteiger partial charge is 0.412 e. The van der Waals surface area contributed by atoms with Crippen molar-refractivity contribution in [2.24, 2.45) is 13.0 Å². The van der Waals surface area contributed by atoms with Crippen LogP contribution in [0.3, 0.4) is 0 Å². The number of carbonyl (C=O) groups is 1. The van der Waals surface area contributed by atoms with E-state index in [-0.39, 0.29) is 0 Å². The number of nitrogens with one attached hydrogen (secondary N) is 1. The lowest BCUT2D eigenvalue weighted by Gasteiger charge is -2.08. The van der Waals surface area contributed by atoms with Gasteiger partial charge in [0, 0.05) is 13.1 Å². The molecule has 0 saturated carbocycles. The Labute approximate surface area is 83.1 Å². The van der Waals surface area contributed by atoms with E-state index in [0.29, 0.717) is 18.3 Å². The first-order valence-corrected chi connectivity index (χ1v) is 4.51. The summed E-state index contributed by atoms with van der Waals surface area (Å²) in [5, 5.41) is 6.50. The van der Waals surface area contributed by atoms with Gasteiger partial charge in [0.2, 0.25) is 0 Å². The molecular formula is C9H15N3O2. The Morgan fingerprint density at radius 2 is 2.43 bits per heavy atom. The van der Waals surface area contributed by atoms with E-state index in [1.807, 2.05) is 13.8 Å². The van der Waals surface area contributed by atoms with Crippen molar-refractivity contribution in [3.63, 3.8) is 0 Å². The van der Waals surface area contributed by atoms with Crippen LogP contribution in [0.1, 0.15) is 13.8 Å². The first-order valence-electron chi connectivity index (χ1n) is 4.51. The van der Waals surface area contributed by atoms with Gasteiger partial charge in [-0.25, -0.2) is 4.79 Å². The highest BCUT2D eigenvalue weighted by Crippen LogP contribution is 2.04. The highest BCUT2D eigenvalue weighted by molar-refractivity contribution is 5.83. The van der Waals surface area contributed by atoms with Crippen molar-refractivity contribution in [1.29, 1.82) is 0 Å². The minimum Gasteiger partial charge on any atom is -0.449 e. The molecule has 5 heteroatoms. The van der Waals surface area contributed by atoms with Gasteiger partial charge in [-0.1, -0.05) is 13.8 Å². The number of rotatable bonds is 3. The number of hydrogen-bond acceptors (Lipinski definition) is 3. The molecule has 14 heavy (non-hydrogen) atoms. The number of ether oxygens (including phenoxy) is 1. The summed E-state index contributed by atoms with van der Waals surface area (Å²) in [6.07, 6.45) is 1.17. The van der Waals surface area contributed by atoms with Gasteiger partial charge in [-0.15, -0.1) is 0 Å². The number of aromatic nitrogens is 2. The lowest BCUT2D eigenvalue weighted by Crippen LogP contribution is -2.18. The number of hydrogen-bond donors (Lipinski definition) is 1. The molecule has 78 valence electrons. The average Bonchev–Trinajstić information content (AvgIpc) is 2.49. The van der Waals surface area contributed by atoms with E-state index < -0.39 is 6.09 Å². The predicted octanol–water partition coefficient (Wildman–Crippen LogP) is 1.62. The van der Waals surface area contributed by atoms with Crippen molar-refractivity contribution in [2.75, 3.05) is 11.9 Å². The third-order valence-electron chi connectivity index (χ3n) is 1.60. The van der Waals surface area contributed by atoms with Crippen LogP contribution in [0.2, 0.25) is 0 Å². The lowest BCUT2D eigenvalue weighted by atomic mass is 10.2. The SMILES string of the molecule is CC(C)COC(=O)Nc1ccnn1C. The summed E-state index contributed by atoms with van der Waals surface area (Å²) in [7, 11) is 1.75. The van der Waals surface area contributed by atoms with Crippen LogP contribution in [-0.4, -0.2) is 22.5 Å².